The third kappa shape index (κ3) is 3.11. The van der Waals surface area contributed by atoms with Crippen LogP contribution in [0, 0.1) is 19.8 Å². The van der Waals surface area contributed by atoms with Gasteiger partial charge in [-0.1, -0.05) is 38.0 Å². The summed E-state index contributed by atoms with van der Waals surface area (Å²) in [5.74, 6) is 0.737. The molecule has 1 aromatic carbocycles. The Morgan fingerprint density at radius 3 is 2.74 bits per heavy atom. The lowest BCUT2D eigenvalue weighted by atomic mass is 9.95. The third-order valence-corrected chi connectivity index (χ3v) is 4.59. The summed E-state index contributed by atoms with van der Waals surface area (Å²) in [4.78, 5) is 2.59. The molecule has 0 aliphatic carbocycles. The summed E-state index contributed by atoms with van der Waals surface area (Å²) in [5, 5.41) is 3.71. The van der Waals surface area contributed by atoms with Gasteiger partial charge in [0.2, 0.25) is 0 Å². The van der Waals surface area contributed by atoms with E-state index < -0.39 is 0 Å². The van der Waals surface area contributed by atoms with Gasteiger partial charge in [0.25, 0.3) is 0 Å². The van der Waals surface area contributed by atoms with Gasteiger partial charge in [0, 0.05) is 30.9 Å². The maximum atomic E-state index is 3.71. The predicted octanol–water partition coefficient (Wildman–Crippen LogP) is 3.52. The number of piperazine rings is 1. The predicted molar refractivity (Wildman–Crippen MR) is 84.0 cm³/mol. The highest BCUT2D eigenvalue weighted by Crippen LogP contribution is 2.26. The van der Waals surface area contributed by atoms with Gasteiger partial charge in [0.05, 0.1) is 0 Å². The van der Waals surface area contributed by atoms with E-state index in [9.17, 15) is 0 Å². The van der Waals surface area contributed by atoms with Crippen molar-refractivity contribution >= 4 is 5.69 Å². The van der Waals surface area contributed by atoms with Crippen LogP contribution in [0.3, 0.4) is 0 Å². The summed E-state index contributed by atoms with van der Waals surface area (Å²) >= 11 is 0. The van der Waals surface area contributed by atoms with Gasteiger partial charge >= 0.3 is 0 Å². The summed E-state index contributed by atoms with van der Waals surface area (Å²) in [6.45, 7) is 13.6. The first kappa shape index (κ1) is 14.4. The minimum Gasteiger partial charge on any atom is -0.366 e. The summed E-state index contributed by atoms with van der Waals surface area (Å²) in [5.41, 5.74) is 4.16. The molecule has 1 heterocycles. The van der Waals surface area contributed by atoms with Crippen LogP contribution < -0.4 is 10.2 Å². The maximum Gasteiger partial charge on any atom is 0.0399 e. The number of aryl methyl sites for hydroxylation is 2. The molecule has 1 saturated heterocycles. The normalized spacial score (nSPS) is 25.4. The zero-order chi connectivity index (χ0) is 14.0. The van der Waals surface area contributed by atoms with Crippen molar-refractivity contribution in [2.75, 3.05) is 18.0 Å². The molecule has 2 nitrogen and oxygen atoms in total. The first-order chi connectivity index (χ1) is 9.02. The molecule has 0 radical (unpaired) electrons. The second kappa shape index (κ2) is 5.96. The van der Waals surface area contributed by atoms with Crippen LogP contribution in [0.15, 0.2) is 18.2 Å². The highest BCUT2D eigenvalue weighted by atomic mass is 15.2. The number of nitrogens with zero attached hydrogens (tertiary/aromatic N) is 1. The van der Waals surface area contributed by atoms with E-state index in [1.165, 1.54) is 23.2 Å². The largest absolute Gasteiger partial charge is 0.366 e. The van der Waals surface area contributed by atoms with Crippen molar-refractivity contribution in [1.82, 2.24) is 5.32 Å². The molecule has 1 aliphatic rings. The minimum atomic E-state index is 0.571. The van der Waals surface area contributed by atoms with Crippen molar-refractivity contribution < 1.29 is 0 Å². The topological polar surface area (TPSA) is 15.3 Å². The fourth-order valence-electron chi connectivity index (χ4n) is 3.02. The smallest absolute Gasteiger partial charge is 0.0399 e. The number of benzene rings is 1. The van der Waals surface area contributed by atoms with Gasteiger partial charge in [-0.05, 0) is 38.3 Å². The number of anilines is 1. The molecular weight excluding hydrogens is 232 g/mol. The molecule has 0 bridgehead atoms. The molecule has 0 amide bonds. The molecule has 2 heteroatoms. The molecule has 0 aromatic heterocycles. The van der Waals surface area contributed by atoms with Crippen LogP contribution in [0.2, 0.25) is 0 Å². The van der Waals surface area contributed by atoms with Crippen molar-refractivity contribution in [2.45, 2.75) is 53.1 Å². The second-order valence-electron chi connectivity index (χ2n) is 6.19. The lowest BCUT2D eigenvalue weighted by Crippen LogP contribution is -2.57. The quantitative estimate of drug-likeness (QED) is 0.894. The highest BCUT2D eigenvalue weighted by Gasteiger charge is 2.28. The average Bonchev–Trinajstić information content (AvgIpc) is 2.39. The molecule has 1 N–H and O–H groups in total. The molecule has 3 unspecified atom stereocenters. The minimum absolute atomic E-state index is 0.571. The van der Waals surface area contributed by atoms with E-state index in [1.807, 2.05) is 0 Å². The van der Waals surface area contributed by atoms with Crippen molar-refractivity contribution in [2.24, 2.45) is 5.92 Å². The van der Waals surface area contributed by atoms with Crippen LogP contribution in [-0.2, 0) is 0 Å². The van der Waals surface area contributed by atoms with E-state index in [4.69, 9.17) is 0 Å². The van der Waals surface area contributed by atoms with E-state index in [0.717, 1.165) is 19.0 Å². The Kier molecular flexibility index (Phi) is 4.51. The van der Waals surface area contributed by atoms with Gasteiger partial charge in [-0.3, -0.25) is 0 Å². The molecular formula is C17H28N2. The summed E-state index contributed by atoms with van der Waals surface area (Å²) in [7, 11) is 0. The molecule has 19 heavy (non-hydrogen) atoms. The van der Waals surface area contributed by atoms with Crippen LogP contribution in [0.5, 0.6) is 0 Å². The Morgan fingerprint density at radius 1 is 1.37 bits per heavy atom. The van der Waals surface area contributed by atoms with Crippen LogP contribution in [0.4, 0.5) is 5.69 Å². The maximum absolute atomic E-state index is 3.71. The van der Waals surface area contributed by atoms with Crippen LogP contribution >= 0.6 is 0 Å². The van der Waals surface area contributed by atoms with E-state index in [1.54, 1.807) is 0 Å². The van der Waals surface area contributed by atoms with Gasteiger partial charge in [-0.25, -0.2) is 0 Å². The Hall–Kier alpha value is -1.02. The zero-order valence-electron chi connectivity index (χ0n) is 13.0. The van der Waals surface area contributed by atoms with Crippen LogP contribution in [-0.4, -0.2) is 25.2 Å². The first-order valence-corrected chi connectivity index (χ1v) is 7.60. The molecule has 106 valence electrons. The monoisotopic (exact) mass is 260 g/mol. The van der Waals surface area contributed by atoms with Crippen molar-refractivity contribution in [3.63, 3.8) is 0 Å². The second-order valence-corrected chi connectivity index (χ2v) is 6.19. The Labute approximate surface area is 118 Å². The lowest BCUT2D eigenvalue weighted by molar-refractivity contribution is 0.315. The fraction of sp³-hybridized carbons (Fsp3) is 0.647. The number of hydrogen-bond acceptors (Lipinski definition) is 2. The van der Waals surface area contributed by atoms with Gasteiger partial charge in [0.15, 0.2) is 0 Å². The van der Waals surface area contributed by atoms with Gasteiger partial charge in [-0.2, -0.15) is 0 Å². The molecule has 1 aliphatic heterocycles. The van der Waals surface area contributed by atoms with Crippen LogP contribution in [0.25, 0.3) is 0 Å². The fourth-order valence-corrected chi connectivity index (χ4v) is 3.02. The summed E-state index contributed by atoms with van der Waals surface area (Å²) in [6.07, 6.45) is 1.24. The molecule has 2 rings (SSSR count). The van der Waals surface area contributed by atoms with E-state index in [0.29, 0.717) is 12.1 Å². The molecule has 0 spiro atoms. The number of nitrogens with one attached hydrogen (secondary N) is 1. The standard InChI is InChI=1S/C17H28N2/c1-6-13(3)16-11-19(15(5)10-18-16)17-8-7-12(2)9-14(17)4/h7-9,13,15-16,18H,6,10-11H2,1-5H3. The molecule has 1 aromatic rings. The van der Waals surface area contributed by atoms with Gasteiger partial charge in [0.1, 0.15) is 0 Å². The lowest BCUT2D eigenvalue weighted by Gasteiger charge is -2.43. The van der Waals surface area contributed by atoms with Gasteiger partial charge < -0.3 is 10.2 Å². The number of hydrogen-bond donors (Lipinski definition) is 1. The van der Waals surface area contributed by atoms with Crippen LogP contribution in [0.1, 0.15) is 38.3 Å². The third-order valence-electron chi connectivity index (χ3n) is 4.59. The summed E-state index contributed by atoms with van der Waals surface area (Å²) < 4.78 is 0. The molecule has 0 saturated carbocycles. The Morgan fingerprint density at radius 2 is 2.11 bits per heavy atom. The van der Waals surface area contributed by atoms with Crippen molar-refractivity contribution in [3.05, 3.63) is 29.3 Å². The van der Waals surface area contributed by atoms with Crippen molar-refractivity contribution in [3.8, 4) is 0 Å². The van der Waals surface area contributed by atoms with Crippen molar-refractivity contribution in [1.29, 1.82) is 0 Å². The van der Waals surface area contributed by atoms with Gasteiger partial charge in [-0.15, -0.1) is 0 Å². The van der Waals surface area contributed by atoms with E-state index in [-0.39, 0.29) is 0 Å². The Balaban J connectivity index is 2.21. The first-order valence-electron chi connectivity index (χ1n) is 7.60. The Bertz CT molecular complexity index is 427. The zero-order valence-corrected chi connectivity index (χ0v) is 13.0. The molecule has 1 fully saturated rings. The highest BCUT2D eigenvalue weighted by molar-refractivity contribution is 5.55. The van der Waals surface area contributed by atoms with E-state index in [2.05, 4.69) is 63.0 Å². The van der Waals surface area contributed by atoms with E-state index >= 15 is 0 Å². The number of rotatable bonds is 3. The molecule has 3 atom stereocenters. The average molecular weight is 260 g/mol. The SMILES string of the molecule is CCC(C)C1CN(c2ccc(C)cc2C)C(C)CN1. The summed E-state index contributed by atoms with van der Waals surface area (Å²) in [6, 6.07) is 8.00.